The smallest absolute Gasteiger partial charge is 0.406 e. The molecule has 0 unspecified atom stereocenters. The van der Waals surface area contributed by atoms with Crippen molar-refractivity contribution in [3.05, 3.63) is 54.2 Å². The maximum atomic E-state index is 12.5. The van der Waals surface area contributed by atoms with Crippen LogP contribution in [0.1, 0.15) is 23.3 Å². The van der Waals surface area contributed by atoms with Gasteiger partial charge in [0, 0.05) is 28.3 Å². The summed E-state index contributed by atoms with van der Waals surface area (Å²) in [7, 11) is 0. The Morgan fingerprint density at radius 2 is 1.70 bits per heavy atom. The average molecular weight is 418 g/mol. The van der Waals surface area contributed by atoms with Crippen molar-refractivity contribution in [2.45, 2.75) is 25.2 Å². The molecule has 0 spiro atoms. The fraction of sp³-hybridized carbons (Fsp3) is 0.286. The van der Waals surface area contributed by atoms with E-state index in [1.165, 1.54) is 12.1 Å². The van der Waals surface area contributed by atoms with E-state index in [2.05, 4.69) is 25.7 Å². The maximum absolute atomic E-state index is 12.5. The molecule has 4 rings (SSSR count). The number of nitrogens with one attached hydrogen (secondary N) is 4. The summed E-state index contributed by atoms with van der Waals surface area (Å²) >= 11 is 0. The lowest BCUT2D eigenvalue weighted by Gasteiger charge is -2.24. The average Bonchev–Trinajstić information content (AvgIpc) is 3.13. The fourth-order valence-electron chi connectivity index (χ4n) is 3.49. The second-order valence-electron chi connectivity index (χ2n) is 7.18. The molecule has 1 amide bonds. The largest absolute Gasteiger partial charge is 0.573 e. The third kappa shape index (κ3) is 5.04. The van der Waals surface area contributed by atoms with Crippen LogP contribution in [0.2, 0.25) is 0 Å². The molecule has 1 fully saturated rings. The number of H-pyrrole nitrogens is 1. The minimum Gasteiger partial charge on any atom is -0.406 e. The number of anilines is 2. The zero-order valence-corrected chi connectivity index (χ0v) is 16.0. The van der Waals surface area contributed by atoms with Crippen molar-refractivity contribution in [2.24, 2.45) is 0 Å². The molecule has 4 N–H and O–H groups in total. The van der Waals surface area contributed by atoms with Gasteiger partial charge in [-0.05, 0) is 74.5 Å². The van der Waals surface area contributed by atoms with Crippen LogP contribution in [0.3, 0.4) is 0 Å². The van der Waals surface area contributed by atoms with E-state index < -0.39 is 6.36 Å². The number of hydrogen-bond acceptors (Lipinski definition) is 4. The molecule has 0 bridgehead atoms. The summed E-state index contributed by atoms with van der Waals surface area (Å²) in [5.41, 5.74) is 2.55. The van der Waals surface area contributed by atoms with Gasteiger partial charge in [0.2, 0.25) is 0 Å². The van der Waals surface area contributed by atoms with E-state index in [4.69, 9.17) is 0 Å². The van der Waals surface area contributed by atoms with Crippen molar-refractivity contribution in [2.75, 3.05) is 23.7 Å². The standard InChI is InChI=1S/C21H21F3N4O2/c22-21(23,24)30-17-4-1-14(2-5-17)27-20(29)19-12-13-11-16(3-6-18(13)28-19)26-15-7-9-25-10-8-15/h1-6,11-12,15,25-26,28H,7-10H2,(H,27,29). The predicted octanol–water partition coefficient (Wildman–Crippen LogP) is 4.48. The number of piperidine rings is 1. The van der Waals surface area contributed by atoms with Gasteiger partial charge in [0.05, 0.1) is 0 Å². The normalized spacial score (nSPS) is 15.2. The highest BCUT2D eigenvalue weighted by Crippen LogP contribution is 2.25. The summed E-state index contributed by atoms with van der Waals surface area (Å²) in [6.45, 7) is 2.00. The summed E-state index contributed by atoms with van der Waals surface area (Å²) in [6.07, 6.45) is -2.63. The first-order chi connectivity index (χ1) is 14.4. The van der Waals surface area contributed by atoms with Gasteiger partial charge >= 0.3 is 6.36 Å². The zero-order chi connectivity index (χ0) is 21.1. The van der Waals surface area contributed by atoms with Crippen molar-refractivity contribution >= 4 is 28.2 Å². The summed E-state index contributed by atoms with van der Waals surface area (Å²) in [5.74, 6) is -0.733. The second kappa shape index (κ2) is 8.27. The lowest BCUT2D eigenvalue weighted by atomic mass is 10.1. The second-order valence-corrected chi connectivity index (χ2v) is 7.18. The number of rotatable bonds is 5. The number of hydrogen-bond donors (Lipinski definition) is 4. The Hall–Kier alpha value is -3.20. The molecule has 0 radical (unpaired) electrons. The summed E-state index contributed by atoms with van der Waals surface area (Å²) in [5, 5.41) is 10.4. The minimum atomic E-state index is -4.75. The van der Waals surface area contributed by atoms with Crippen molar-refractivity contribution in [1.82, 2.24) is 10.3 Å². The molecular weight excluding hydrogens is 397 g/mol. The van der Waals surface area contributed by atoms with Crippen LogP contribution in [0.4, 0.5) is 24.5 Å². The van der Waals surface area contributed by atoms with Gasteiger partial charge < -0.3 is 25.7 Å². The Morgan fingerprint density at radius 3 is 2.40 bits per heavy atom. The van der Waals surface area contributed by atoms with Crippen LogP contribution < -0.4 is 20.7 Å². The monoisotopic (exact) mass is 418 g/mol. The first kappa shape index (κ1) is 20.1. The number of fused-ring (bicyclic) bond motifs is 1. The molecule has 1 aliphatic heterocycles. The van der Waals surface area contributed by atoms with Crippen LogP contribution >= 0.6 is 0 Å². The molecule has 0 aliphatic carbocycles. The van der Waals surface area contributed by atoms with E-state index in [1.54, 1.807) is 6.07 Å². The zero-order valence-electron chi connectivity index (χ0n) is 16.0. The van der Waals surface area contributed by atoms with Crippen LogP contribution in [0.15, 0.2) is 48.5 Å². The molecule has 9 heteroatoms. The molecule has 1 saturated heterocycles. The highest BCUT2D eigenvalue weighted by molar-refractivity contribution is 6.06. The van der Waals surface area contributed by atoms with Crippen LogP contribution in [0.25, 0.3) is 10.9 Å². The van der Waals surface area contributed by atoms with Crippen molar-refractivity contribution < 1.29 is 22.7 Å². The molecule has 0 atom stereocenters. The number of ether oxygens (including phenoxy) is 1. The van der Waals surface area contributed by atoms with Crippen LogP contribution in [0.5, 0.6) is 5.75 Å². The number of amides is 1. The Balaban J connectivity index is 1.42. The molecule has 2 heterocycles. The van der Waals surface area contributed by atoms with E-state index in [0.717, 1.165) is 54.7 Å². The van der Waals surface area contributed by atoms with E-state index in [-0.39, 0.29) is 11.7 Å². The third-order valence-electron chi connectivity index (χ3n) is 4.92. The maximum Gasteiger partial charge on any atom is 0.573 e. The number of carbonyl (C=O) groups is 1. The Kier molecular flexibility index (Phi) is 5.54. The molecule has 1 aliphatic rings. The lowest BCUT2D eigenvalue weighted by Crippen LogP contribution is -2.35. The molecule has 0 saturated carbocycles. The number of alkyl halides is 3. The minimum absolute atomic E-state index is 0.347. The molecule has 2 aromatic carbocycles. The first-order valence-electron chi connectivity index (χ1n) is 9.63. The highest BCUT2D eigenvalue weighted by Gasteiger charge is 2.31. The summed E-state index contributed by atoms with van der Waals surface area (Å²) < 4.78 is 40.5. The van der Waals surface area contributed by atoms with Crippen molar-refractivity contribution in [1.29, 1.82) is 0 Å². The summed E-state index contributed by atoms with van der Waals surface area (Å²) in [4.78, 5) is 15.6. The van der Waals surface area contributed by atoms with Gasteiger partial charge in [-0.3, -0.25) is 4.79 Å². The van der Waals surface area contributed by atoms with Crippen LogP contribution in [-0.4, -0.2) is 36.4 Å². The first-order valence-corrected chi connectivity index (χ1v) is 9.63. The van der Waals surface area contributed by atoms with E-state index in [9.17, 15) is 18.0 Å². The van der Waals surface area contributed by atoms with Gasteiger partial charge in [-0.2, -0.15) is 0 Å². The SMILES string of the molecule is O=C(Nc1ccc(OC(F)(F)F)cc1)c1cc2cc(NC3CCNCC3)ccc2[nH]1. The van der Waals surface area contributed by atoms with Gasteiger partial charge in [-0.15, -0.1) is 13.2 Å². The number of aromatic amines is 1. The topological polar surface area (TPSA) is 78.2 Å². The van der Waals surface area contributed by atoms with Gasteiger partial charge in [0.15, 0.2) is 0 Å². The molecule has 158 valence electrons. The Bertz CT molecular complexity index is 1020. The van der Waals surface area contributed by atoms with Crippen LogP contribution in [-0.2, 0) is 0 Å². The van der Waals surface area contributed by atoms with E-state index in [1.807, 2.05) is 18.2 Å². The number of benzene rings is 2. The molecule has 3 aromatic rings. The molecule has 6 nitrogen and oxygen atoms in total. The third-order valence-corrected chi connectivity index (χ3v) is 4.92. The fourth-order valence-corrected chi connectivity index (χ4v) is 3.49. The van der Waals surface area contributed by atoms with Gasteiger partial charge in [-0.25, -0.2) is 0 Å². The predicted molar refractivity (Wildman–Crippen MR) is 109 cm³/mol. The van der Waals surface area contributed by atoms with Gasteiger partial charge in [0.25, 0.3) is 5.91 Å². The molecule has 1 aromatic heterocycles. The quantitative estimate of drug-likeness (QED) is 0.493. The summed E-state index contributed by atoms with van der Waals surface area (Å²) in [6, 6.07) is 13.1. The van der Waals surface area contributed by atoms with Crippen molar-refractivity contribution in [3.8, 4) is 5.75 Å². The number of halogens is 3. The molecular formula is C21H21F3N4O2. The van der Waals surface area contributed by atoms with Crippen molar-refractivity contribution in [3.63, 3.8) is 0 Å². The number of carbonyl (C=O) groups excluding carboxylic acids is 1. The van der Waals surface area contributed by atoms with Crippen LogP contribution in [0, 0.1) is 0 Å². The molecule has 30 heavy (non-hydrogen) atoms. The van der Waals surface area contributed by atoms with Gasteiger partial charge in [0.1, 0.15) is 11.4 Å². The van der Waals surface area contributed by atoms with E-state index >= 15 is 0 Å². The van der Waals surface area contributed by atoms with E-state index in [0.29, 0.717) is 17.4 Å². The lowest BCUT2D eigenvalue weighted by molar-refractivity contribution is -0.274. The Morgan fingerprint density at radius 1 is 1.00 bits per heavy atom. The van der Waals surface area contributed by atoms with Gasteiger partial charge in [-0.1, -0.05) is 0 Å². The number of aromatic nitrogens is 1. The highest BCUT2D eigenvalue weighted by atomic mass is 19.4. The Labute approximate surface area is 170 Å².